The SMILES string of the molecule is Cc1ncc(CNC2CC2)o1. The maximum atomic E-state index is 5.29. The molecule has 1 N–H and O–H groups in total. The van der Waals surface area contributed by atoms with Crippen molar-refractivity contribution in [2.45, 2.75) is 32.4 Å². The minimum absolute atomic E-state index is 0.736. The van der Waals surface area contributed by atoms with Crippen LogP contribution >= 0.6 is 0 Å². The molecule has 11 heavy (non-hydrogen) atoms. The van der Waals surface area contributed by atoms with Gasteiger partial charge in [0.25, 0.3) is 0 Å². The maximum Gasteiger partial charge on any atom is 0.191 e. The molecule has 0 amide bonds. The fraction of sp³-hybridized carbons (Fsp3) is 0.625. The van der Waals surface area contributed by atoms with E-state index >= 15 is 0 Å². The predicted octanol–water partition coefficient (Wildman–Crippen LogP) is 1.24. The molecule has 1 saturated carbocycles. The Kier molecular flexibility index (Phi) is 1.66. The molecule has 1 aliphatic carbocycles. The fourth-order valence-electron chi connectivity index (χ4n) is 1.02. The van der Waals surface area contributed by atoms with E-state index in [9.17, 15) is 0 Å². The molecule has 1 fully saturated rings. The highest BCUT2D eigenvalue weighted by Gasteiger charge is 2.20. The van der Waals surface area contributed by atoms with Crippen LogP contribution in [0.5, 0.6) is 0 Å². The molecule has 1 aromatic heterocycles. The average Bonchev–Trinajstić information content (AvgIpc) is 2.72. The van der Waals surface area contributed by atoms with Crippen LogP contribution in [0, 0.1) is 6.92 Å². The second-order valence-corrected chi connectivity index (χ2v) is 3.00. The monoisotopic (exact) mass is 152 g/mol. The molecule has 1 aromatic rings. The number of rotatable bonds is 3. The third kappa shape index (κ3) is 1.80. The van der Waals surface area contributed by atoms with Gasteiger partial charge in [0.2, 0.25) is 0 Å². The minimum atomic E-state index is 0.736. The van der Waals surface area contributed by atoms with Crippen molar-refractivity contribution in [3.05, 3.63) is 17.8 Å². The number of aryl methyl sites for hydroxylation is 1. The van der Waals surface area contributed by atoms with Crippen molar-refractivity contribution >= 4 is 0 Å². The third-order valence-electron chi connectivity index (χ3n) is 1.81. The lowest BCUT2D eigenvalue weighted by molar-refractivity contribution is 0.454. The Labute approximate surface area is 65.8 Å². The minimum Gasteiger partial charge on any atom is -0.445 e. The van der Waals surface area contributed by atoms with Crippen molar-refractivity contribution in [3.63, 3.8) is 0 Å². The molecule has 3 heteroatoms. The van der Waals surface area contributed by atoms with Gasteiger partial charge in [0.15, 0.2) is 5.89 Å². The number of nitrogens with zero attached hydrogens (tertiary/aromatic N) is 1. The van der Waals surface area contributed by atoms with Crippen LogP contribution in [0.3, 0.4) is 0 Å². The standard InChI is InChI=1S/C8H12N2O/c1-6-9-4-8(11-6)5-10-7-2-3-7/h4,7,10H,2-3,5H2,1H3. The Morgan fingerprint density at radius 3 is 3.09 bits per heavy atom. The molecular weight excluding hydrogens is 140 g/mol. The smallest absolute Gasteiger partial charge is 0.191 e. The molecular formula is C8H12N2O. The van der Waals surface area contributed by atoms with E-state index in [4.69, 9.17) is 4.42 Å². The van der Waals surface area contributed by atoms with Crippen LogP contribution in [0.1, 0.15) is 24.5 Å². The van der Waals surface area contributed by atoms with Gasteiger partial charge in [-0.3, -0.25) is 0 Å². The summed E-state index contributed by atoms with van der Waals surface area (Å²) in [6, 6.07) is 0.736. The van der Waals surface area contributed by atoms with Crippen molar-refractivity contribution in [3.8, 4) is 0 Å². The Hall–Kier alpha value is -0.830. The van der Waals surface area contributed by atoms with Gasteiger partial charge in [0.1, 0.15) is 5.76 Å². The van der Waals surface area contributed by atoms with Gasteiger partial charge >= 0.3 is 0 Å². The van der Waals surface area contributed by atoms with Gasteiger partial charge in [-0.05, 0) is 12.8 Å². The Balaban J connectivity index is 1.85. The van der Waals surface area contributed by atoms with Gasteiger partial charge in [-0.15, -0.1) is 0 Å². The quantitative estimate of drug-likeness (QED) is 0.708. The molecule has 0 spiro atoms. The van der Waals surface area contributed by atoms with E-state index in [0.29, 0.717) is 0 Å². The van der Waals surface area contributed by atoms with Crippen LogP contribution in [0.25, 0.3) is 0 Å². The van der Waals surface area contributed by atoms with Gasteiger partial charge < -0.3 is 9.73 Å². The lowest BCUT2D eigenvalue weighted by atomic mass is 10.5. The summed E-state index contributed by atoms with van der Waals surface area (Å²) in [5.41, 5.74) is 0. The number of nitrogens with one attached hydrogen (secondary N) is 1. The highest BCUT2D eigenvalue weighted by Crippen LogP contribution is 2.19. The van der Waals surface area contributed by atoms with Crippen LogP contribution in [-0.4, -0.2) is 11.0 Å². The second kappa shape index (κ2) is 2.66. The third-order valence-corrected chi connectivity index (χ3v) is 1.81. The summed E-state index contributed by atoms with van der Waals surface area (Å²) in [4.78, 5) is 4.01. The van der Waals surface area contributed by atoms with Crippen molar-refractivity contribution in [1.82, 2.24) is 10.3 Å². The highest BCUT2D eigenvalue weighted by atomic mass is 16.4. The molecule has 0 aliphatic heterocycles. The van der Waals surface area contributed by atoms with Gasteiger partial charge in [0, 0.05) is 13.0 Å². The molecule has 0 aromatic carbocycles. The molecule has 0 bridgehead atoms. The Bertz CT molecular complexity index is 240. The first-order chi connectivity index (χ1) is 5.34. The molecule has 0 saturated heterocycles. The molecule has 3 nitrogen and oxygen atoms in total. The van der Waals surface area contributed by atoms with E-state index < -0.39 is 0 Å². The highest BCUT2D eigenvalue weighted by molar-refractivity contribution is 4.94. The van der Waals surface area contributed by atoms with Crippen LogP contribution in [0.4, 0.5) is 0 Å². The van der Waals surface area contributed by atoms with E-state index in [0.717, 1.165) is 24.2 Å². The van der Waals surface area contributed by atoms with Gasteiger partial charge in [0.05, 0.1) is 12.7 Å². The Morgan fingerprint density at radius 1 is 1.73 bits per heavy atom. The summed E-state index contributed by atoms with van der Waals surface area (Å²) in [7, 11) is 0. The molecule has 60 valence electrons. The van der Waals surface area contributed by atoms with Crippen LogP contribution < -0.4 is 5.32 Å². The fourth-order valence-corrected chi connectivity index (χ4v) is 1.02. The lowest BCUT2D eigenvalue weighted by Gasteiger charge is -1.96. The summed E-state index contributed by atoms with van der Waals surface area (Å²) >= 11 is 0. The zero-order chi connectivity index (χ0) is 7.68. The van der Waals surface area contributed by atoms with Gasteiger partial charge in [-0.1, -0.05) is 0 Å². The maximum absolute atomic E-state index is 5.29. The van der Waals surface area contributed by atoms with Crippen LogP contribution in [0.2, 0.25) is 0 Å². The Morgan fingerprint density at radius 2 is 2.55 bits per heavy atom. The zero-order valence-corrected chi connectivity index (χ0v) is 6.63. The van der Waals surface area contributed by atoms with Crippen molar-refractivity contribution < 1.29 is 4.42 Å². The summed E-state index contributed by atoms with van der Waals surface area (Å²) in [6.45, 7) is 2.69. The van der Waals surface area contributed by atoms with E-state index in [1.807, 2.05) is 6.92 Å². The normalized spacial score (nSPS) is 17.2. The van der Waals surface area contributed by atoms with Crippen molar-refractivity contribution in [1.29, 1.82) is 0 Å². The van der Waals surface area contributed by atoms with E-state index in [2.05, 4.69) is 10.3 Å². The average molecular weight is 152 g/mol. The second-order valence-electron chi connectivity index (χ2n) is 3.00. The summed E-state index contributed by atoms with van der Waals surface area (Å²) in [5.74, 6) is 1.69. The molecule has 0 unspecified atom stereocenters. The lowest BCUT2D eigenvalue weighted by Crippen LogP contribution is -2.14. The summed E-state index contributed by atoms with van der Waals surface area (Å²) in [5, 5.41) is 3.35. The first kappa shape index (κ1) is 6.85. The zero-order valence-electron chi connectivity index (χ0n) is 6.63. The molecule has 0 radical (unpaired) electrons. The number of hydrogen-bond donors (Lipinski definition) is 1. The van der Waals surface area contributed by atoms with Gasteiger partial charge in [-0.2, -0.15) is 0 Å². The number of aromatic nitrogens is 1. The van der Waals surface area contributed by atoms with Crippen LogP contribution in [-0.2, 0) is 6.54 Å². The summed E-state index contributed by atoms with van der Waals surface area (Å²) < 4.78 is 5.29. The van der Waals surface area contributed by atoms with E-state index in [-0.39, 0.29) is 0 Å². The van der Waals surface area contributed by atoms with E-state index in [1.165, 1.54) is 12.8 Å². The first-order valence-electron chi connectivity index (χ1n) is 3.99. The van der Waals surface area contributed by atoms with Crippen molar-refractivity contribution in [2.24, 2.45) is 0 Å². The number of hydrogen-bond acceptors (Lipinski definition) is 3. The predicted molar refractivity (Wildman–Crippen MR) is 41.1 cm³/mol. The van der Waals surface area contributed by atoms with E-state index in [1.54, 1.807) is 6.20 Å². The van der Waals surface area contributed by atoms with Crippen LogP contribution in [0.15, 0.2) is 10.6 Å². The topological polar surface area (TPSA) is 38.1 Å². The number of oxazole rings is 1. The molecule has 1 aliphatic rings. The molecule has 1 heterocycles. The molecule has 2 rings (SSSR count). The molecule has 0 atom stereocenters. The largest absolute Gasteiger partial charge is 0.445 e. The van der Waals surface area contributed by atoms with Crippen molar-refractivity contribution in [2.75, 3.05) is 0 Å². The first-order valence-corrected chi connectivity index (χ1v) is 3.99. The summed E-state index contributed by atoms with van der Waals surface area (Å²) in [6.07, 6.45) is 4.41. The van der Waals surface area contributed by atoms with Gasteiger partial charge in [-0.25, -0.2) is 4.98 Å².